The van der Waals surface area contributed by atoms with Crippen molar-refractivity contribution in [2.75, 3.05) is 20.2 Å². The molecule has 0 spiro atoms. The van der Waals surface area contributed by atoms with E-state index in [-0.39, 0.29) is 5.91 Å². The normalized spacial score (nSPS) is 15.4. The predicted molar refractivity (Wildman–Crippen MR) is 118 cm³/mol. The highest BCUT2D eigenvalue weighted by Gasteiger charge is 2.22. The van der Waals surface area contributed by atoms with E-state index in [1.54, 1.807) is 27.5 Å². The van der Waals surface area contributed by atoms with E-state index in [0.717, 1.165) is 39.0 Å². The standard InChI is InChI=1S/C22H23N7O2/c1-13-15-6-8-19-16-11-14(5-7-18(16)24-25-19)17-12-23-29(4)22(17)31-10-9-27(2)21(30)20(15)26-28(13)3/h5-8,11-12H,9-10H2,1-4H3,(H,24,25)/b8-6+. The molecule has 0 unspecified atom stereocenters. The Morgan fingerprint density at radius 3 is 2.81 bits per heavy atom. The maximum atomic E-state index is 13.1. The summed E-state index contributed by atoms with van der Waals surface area (Å²) < 4.78 is 9.49. The van der Waals surface area contributed by atoms with Crippen molar-refractivity contribution in [2.45, 2.75) is 6.92 Å². The van der Waals surface area contributed by atoms with Gasteiger partial charge in [-0.25, -0.2) is 4.68 Å². The minimum atomic E-state index is -0.151. The predicted octanol–water partition coefficient (Wildman–Crippen LogP) is 2.64. The Hall–Kier alpha value is -3.88. The molecule has 158 valence electrons. The molecule has 1 N–H and O–H groups in total. The summed E-state index contributed by atoms with van der Waals surface area (Å²) in [6.07, 6.45) is 5.66. The quantitative estimate of drug-likeness (QED) is 0.475. The SMILES string of the molecule is Cc1c2c(nn1C)C(=O)N(C)CCOc1c(cnn1C)-c1ccc3n[nH]c(c3c1)/C=C/2. The van der Waals surface area contributed by atoms with E-state index in [9.17, 15) is 4.79 Å². The number of ether oxygens (including phenoxy) is 1. The molecule has 0 aliphatic carbocycles. The summed E-state index contributed by atoms with van der Waals surface area (Å²) >= 11 is 0. The van der Waals surface area contributed by atoms with Crippen LogP contribution in [-0.4, -0.2) is 60.8 Å². The topological polar surface area (TPSA) is 93.9 Å². The van der Waals surface area contributed by atoms with Crippen LogP contribution in [0.15, 0.2) is 24.4 Å². The van der Waals surface area contributed by atoms with Crippen LogP contribution < -0.4 is 4.74 Å². The molecule has 0 saturated heterocycles. The fourth-order valence-electron chi connectivity index (χ4n) is 3.83. The number of H-pyrrole nitrogens is 1. The molecule has 0 radical (unpaired) electrons. The Labute approximate surface area is 178 Å². The zero-order chi connectivity index (χ0) is 21.7. The number of aromatic amines is 1. The third-order valence-electron chi connectivity index (χ3n) is 5.79. The van der Waals surface area contributed by atoms with E-state index >= 15 is 0 Å². The number of carbonyl (C=O) groups is 1. The number of aryl methyl sites for hydroxylation is 2. The molecular formula is C22H23N7O2. The number of nitrogens with one attached hydrogen (secondary N) is 1. The molecule has 31 heavy (non-hydrogen) atoms. The first kappa shape index (κ1) is 19.1. The molecule has 9 nitrogen and oxygen atoms in total. The van der Waals surface area contributed by atoms with Crippen LogP contribution in [0.25, 0.3) is 34.2 Å². The van der Waals surface area contributed by atoms with Crippen molar-refractivity contribution in [1.29, 1.82) is 0 Å². The van der Waals surface area contributed by atoms with Gasteiger partial charge in [0.2, 0.25) is 5.88 Å². The molecule has 4 heterocycles. The van der Waals surface area contributed by atoms with Gasteiger partial charge in [0, 0.05) is 37.8 Å². The van der Waals surface area contributed by atoms with Gasteiger partial charge in [-0.05, 0) is 36.8 Å². The van der Waals surface area contributed by atoms with Gasteiger partial charge in [-0.1, -0.05) is 6.07 Å². The van der Waals surface area contributed by atoms with Crippen LogP contribution in [0.2, 0.25) is 0 Å². The number of nitrogens with zero attached hydrogens (tertiary/aromatic N) is 6. The van der Waals surface area contributed by atoms with Gasteiger partial charge in [0.15, 0.2) is 5.69 Å². The van der Waals surface area contributed by atoms with Crippen LogP contribution >= 0.6 is 0 Å². The Balaban J connectivity index is 1.71. The highest BCUT2D eigenvalue weighted by Crippen LogP contribution is 2.32. The lowest BCUT2D eigenvalue weighted by molar-refractivity contribution is 0.0765. The number of hydrogen-bond acceptors (Lipinski definition) is 5. The third-order valence-corrected chi connectivity index (χ3v) is 5.79. The Bertz CT molecular complexity index is 1340. The number of hydrogen-bond donors (Lipinski definition) is 1. The molecule has 9 heteroatoms. The summed E-state index contributed by atoms with van der Waals surface area (Å²) in [4.78, 5) is 14.7. The van der Waals surface area contributed by atoms with Gasteiger partial charge in [0.1, 0.15) is 6.61 Å². The molecule has 5 rings (SSSR count). The van der Waals surface area contributed by atoms with E-state index in [2.05, 4.69) is 26.5 Å². The minimum absolute atomic E-state index is 0.151. The zero-order valence-electron chi connectivity index (χ0n) is 17.9. The lowest BCUT2D eigenvalue weighted by atomic mass is 10.0. The molecule has 3 aromatic heterocycles. The largest absolute Gasteiger partial charge is 0.476 e. The number of rotatable bonds is 0. The van der Waals surface area contributed by atoms with Crippen LogP contribution in [0.3, 0.4) is 0 Å². The van der Waals surface area contributed by atoms with Gasteiger partial charge in [0.05, 0.1) is 29.5 Å². The molecule has 2 bridgehead atoms. The van der Waals surface area contributed by atoms with Gasteiger partial charge < -0.3 is 9.64 Å². The second kappa shape index (κ2) is 7.12. The molecule has 4 aromatic rings. The van der Waals surface area contributed by atoms with Crippen LogP contribution in [0.5, 0.6) is 5.88 Å². The number of fused-ring (bicyclic) bond motifs is 4. The van der Waals surface area contributed by atoms with E-state index in [1.807, 2.05) is 45.3 Å². The first-order valence-electron chi connectivity index (χ1n) is 10.0. The maximum absolute atomic E-state index is 13.1. The fraction of sp³-hybridized carbons (Fsp3) is 0.273. The lowest BCUT2D eigenvalue weighted by Gasteiger charge is -2.17. The number of carbonyl (C=O) groups excluding carboxylic acids is 1. The summed E-state index contributed by atoms with van der Waals surface area (Å²) in [6, 6.07) is 6.07. The number of aromatic nitrogens is 6. The number of amides is 1. The van der Waals surface area contributed by atoms with Gasteiger partial charge in [0.25, 0.3) is 5.91 Å². The van der Waals surface area contributed by atoms with Crippen LogP contribution in [-0.2, 0) is 14.1 Å². The number of likely N-dealkylation sites (N-methyl/N-ethyl adjacent to an activating group) is 1. The van der Waals surface area contributed by atoms with Crippen molar-refractivity contribution in [3.8, 4) is 17.0 Å². The first-order chi connectivity index (χ1) is 14.9. The second-order valence-electron chi connectivity index (χ2n) is 7.74. The van der Waals surface area contributed by atoms with Crippen molar-refractivity contribution >= 4 is 29.0 Å². The van der Waals surface area contributed by atoms with Crippen LogP contribution in [0, 0.1) is 6.92 Å². The van der Waals surface area contributed by atoms with Gasteiger partial charge in [-0.15, -0.1) is 0 Å². The molecule has 1 aliphatic rings. The molecule has 0 atom stereocenters. The van der Waals surface area contributed by atoms with Crippen molar-refractivity contribution in [3.63, 3.8) is 0 Å². The van der Waals surface area contributed by atoms with Gasteiger partial charge in [-0.3, -0.25) is 14.6 Å². The van der Waals surface area contributed by atoms with Gasteiger partial charge in [-0.2, -0.15) is 15.3 Å². The molecule has 1 aromatic carbocycles. The monoisotopic (exact) mass is 417 g/mol. The molecule has 1 amide bonds. The summed E-state index contributed by atoms with van der Waals surface area (Å²) in [5.41, 5.74) is 5.72. The van der Waals surface area contributed by atoms with E-state index < -0.39 is 0 Å². The number of benzene rings is 1. The lowest BCUT2D eigenvalue weighted by Crippen LogP contribution is -2.31. The van der Waals surface area contributed by atoms with Crippen molar-refractivity contribution < 1.29 is 9.53 Å². The zero-order valence-corrected chi connectivity index (χ0v) is 17.9. The van der Waals surface area contributed by atoms with Gasteiger partial charge >= 0.3 is 0 Å². The highest BCUT2D eigenvalue weighted by molar-refractivity contribution is 5.98. The van der Waals surface area contributed by atoms with Crippen molar-refractivity contribution in [2.24, 2.45) is 14.1 Å². The minimum Gasteiger partial charge on any atom is -0.476 e. The highest BCUT2D eigenvalue weighted by atomic mass is 16.5. The van der Waals surface area contributed by atoms with Crippen molar-refractivity contribution in [3.05, 3.63) is 47.0 Å². The van der Waals surface area contributed by atoms with Crippen LogP contribution in [0.1, 0.15) is 27.4 Å². The summed E-state index contributed by atoms with van der Waals surface area (Å²) in [5, 5.41) is 17.3. The molecule has 1 aliphatic heterocycles. The summed E-state index contributed by atoms with van der Waals surface area (Å²) in [6.45, 7) is 2.71. The Morgan fingerprint density at radius 2 is 1.97 bits per heavy atom. The van der Waals surface area contributed by atoms with Crippen LogP contribution in [0.4, 0.5) is 0 Å². The smallest absolute Gasteiger partial charge is 0.274 e. The third kappa shape index (κ3) is 3.09. The Morgan fingerprint density at radius 1 is 1.13 bits per heavy atom. The molecular weight excluding hydrogens is 394 g/mol. The summed E-state index contributed by atoms with van der Waals surface area (Å²) in [7, 11) is 5.44. The van der Waals surface area contributed by atoms with E-state index in [0.29, 0.717) is 24.7 Å². The van der Waals surface area contributed by atoms with E-state index in [4.69, 9.17) is 4.74 Å². The Kier molecular flexibility index (Phi) is 4.39. The van der Waals surface area contributed by atoms with E-state index in [1.165, 1.54) is 0 Å². The second-order valence-corrected chi connectivity index (χ2v) is 7.74. The first-order valence-corrected chi connectivity index (χ1v) is 10.0. The maximum Gasteiger partial charge on any atom is 0.274 e. The molecule has 0 fully saturated rings. The average Bonchev–Trinajstić information content (AvgIpc) is 3.42. The summed E-state index contributed by atoms with van der Waals surface area (Å²) in [5.74, 6) is 0.507. The van der Waals surface area contributed by atoms with Crippen molar-refractivity contribution in [1.82, 2.24) is 34.7 Å². The molecule has 0 saturated carbocycles. The average molecular weight is 417 g/mol. The fourth-order valence-corrected chi connectivity index (χ4v) is 3.83.